The summed E-state index contributed by atoms with van der Waals surface area (Å²) in [5.41, 5.74) is 3.79. The first-order valence-electron chi connectivity index (χ1n) is 10.2. The minimum atomic E-state index is -0.0804. The molecule has 1 fully saturated rings. The highest BCUT2D eigenvalue weighted by Gasteiger charge is 2.23. The van der Waals surface area contributed by atoms with Gasteiger partial charge in [-0.1, -0.05) is 19.1 Å². The second-order valence-corrected chi connectivity index (χ2v) is 7.54. The zero-order chi connectivity index (χ0) is 20.2. The Balaban J connectivity index is 1.32. The van der Waals surface area contributed by atoms with E-state index in [-0.39, 0.29) is 11.8 Å². The summed E-state index contributed by atoms with van der Waals surface area (Å²) in [4.78, 5) is 30.5. The van der Waals surface area contributed by atoms with E-state index in [1.807, 2.05) is 65.0 Å². The van der Waals surface area contributed by atoms with E-state index in [0.717, 1.165) is 37.1 Å². The minimum absolute atomic E-state index is 0.0804. The Kier molecular flexibility index (Phi) is 5.60. The van der Waals surface area contributed by atoms with Crippen LogP contribution in [0.3, 0.4) is 0 Å². The quantitative estimate of drug-likeness (QED) is 0.726. The molecule has 3 aromatic rings. The number of amides is 2. The first-order chi connectivity index (χ1) is 14.1. The van der Waals surface area contributed by atoms with Crippen molar-refractivity contribution in [2.24, 2.45) is 0 Å². The van der Waals surface area contributed by atoms with Gasteiger partial charge in [0, 0.05) is 50.2 Å². The van der Waals surface area contributed by atoms with Crippen molar-refractivity contribution in [1.82, 2.24) is 19.6 Å². The molecular formula is C23H26N4O2. The van der Waals surface area contributed by atoms with Gasteiger partial charge in [-0.15, -0.1) is 0 Å². The molecule has 0 bridgehead atoms. The number of hydrogen-bond acceptors (Lipinski definition) is 3. The Morgan fingerprint density at radius 3 is 2.59 bits per heavy atom. The van der Waals surface area contributed by atoms with Crippen molar-refractivity contribution in [3.8, 4) is 0 Å². The van der Waals surface area contributed by atoms with Crippen LogP contribution in [-0.4, -0.2) is 39.2 Å². The molecule has 0 unspecified atom stereocenters. The van der Waals surface area contributed by atoms with Gasteiger partial charge in [-0.25, -0.2) is 4.98 Å². The summed E-state index contributed by atoms with van der Waals surface area (Å²) in [6.07, 6.45) is 8.12. The van der Waals surface area contributed by atoms with E-state index < -0.39 is 0 Å². The molecule has 1 aromatic carbocycles. The van der Waals surface area contributed by atoms with E-state index in [2.05, 4.69) is 10.3 Å². The van der Waals surface area contributed by atoms with Gasteiger partial charge in [-0.2, -0.15) is 0 Å². The fourth-order valence-corrected chi connectivity index (χ4v) is 3.94. The Morgan fingerprint density at radius 1 is 1.10 bits per heavy atom. The third kappa shape index (κ3) is 4.31. The number of benzene rings is 1. The van der Waals surface area contributed by atoms with Gasteiger partial charge in [0.1, 0.15) is 5.65 Å². The number of carbonyl (C=O) groups excluding carboxylic acids is 2. The number of fused-ring (bicyclic) bond motifs is 1. The van der Waals surface area contributed by atoms with Crippen molar-refractivity contribution in [2.75, 3.05) is 13.1 Å². The Labute approximate surface area is 170 Å². The lowest BCUT2D eigenvalue weighted by atomic mass is 9.89. The van der Waals surface area contributed by atoms with E-state index in [1.54, 1.807) is 6.20 Å². The zero-order valence-electron chi connectivity index (χ0n) is 16.7. The van der Waals surface area contributed by atoms with Gasteiger partial charge in [0.2, 0.25) is 5.91 Å². The fourth-order valence-electron chi connectivity index (χ4n) is 3.94. The van der Waals surface area contributed by atoms with Crippen LogP contribution in [0.15, 0.2) is 55.0 Å². The van der Waals surface area contributed by atoms with Crippen LogP contribution < -0.4 is 5.32 Å². The van der Waals surface area contributed by atoms with Crippen LogP contribution in [0.1, 0.15) is 53.6 Å². The number of nitrogens with zero attached hydrogens (tertiary/aromatic N) is 3. The van der Waals surface area contributed by atoms with Gasteiger partial charge < -0.3 is 14.6 Å². The SMILES string of the molecule is CCC(=O)N1CCC(c2ccc(C(=O)NCc3ccn4ccnc4c3)cc2)CC1. The van der Waals surface area contributed by atoms with Gasteiger partial charge in [0.15, 0.2) is 0 Å². The molecule has 0 radical (unpaired) electrons. The fraction of sp³-hybridized carbons (Fsp3) is 0.348. The number of rotatable bonds is 5. The summed E-state index contributed by atoms with van der Waals surface area (Å²) in [6, 6.07) is 11.8. The summed E-state index contributed by atoms with van der Waals surface area (Å²) in [6.45, 7) is 4.02. The molecule has 0 spiro atoms. The highest BCUT2D eigenvalue weighted by atomic mass is 16.2. The molecule has 1 aliphatic heterocycles. The maximum atomic E-state index is 12.5. The van der Waals surface area contributed by atoms with Crippen LogP contribution in [-0.2, 0) is 11.3 Å². The molecule has 6 heteroatoms. The molecule has 1 N–H and O–H groups in total. The largest absolute Gasteiger partial charge is 0.348 e. The minimum Gasteiger partial charge on any atom is -0.348 e. The van der Waals surface area contributed by atoms with E-state index in [0.29, 0.717) is 24.4 Å². The lowest BCUT2D eigenvalue weighted by Gasteiger charge is -2.32. The van der Waals surface area contributed by atoms with Crippen LogP contribution in [0.25, 0.3) is 5.65 Å². The van der Waals surface area contributed by atoms with Gasteiger partial charge >= 0.3 is 0 Å². The summed E-state index contributed by atoms with van der Waals surface area (Å²) in [7, 11) is 0. The van der Waals surface area contributed by atoms with Crippen LogP contribution in [0, 0.1) is 0 Å². The van der Waals surface area contributed by atoms with Crippen LogP contribution in [0.5, 0.6) is 0 Å². The Bertz CT molecular complexity index is 1000. The number of aromatic nitrogens is 2. The smallest absolute Gasteiger partial charge is 0.251 e. The molecule has 2 amide bonds. The second kappa shape index (κ2) is 8.47. The van der Waals surface area contributed by atoms with Crippen LogP contribution in [0.2, 0.25) is 0 Å². The van der Waals surface area contributed by atoms with Gasteiger partial charge in [0.05, 0.1) is 0 Å². The van der Waals surface area contributed by atoms with Gasteiger partial charge in [-0.3, -0.25) is 9.59 Å². The maximum absolute atomic E-state index is 12.5. The maximum Gasteiger partial charge on any atom is 0.251 e. The lowest BCUT2D eigenvalue weighted by molar-refractivity contribution is -0.131. The molecule has 3 heterocycles. The molecule has 2 aromatic heterocycles. The predicted molar refractivity (Wildman–Crippen MR) is 112 cm³/mol. The van der Waals surface area contributed by atoms with Crippen molar-refractivity contribution in [3.05, 3.63) is 71.7 Å². The Morgan fingerprint density at radius 2 is 1.86 bits per heavy atom. The molecule has 150 valence electrons. The second-order valence-electron chi connectivity index (χ2n) is 7.54. The summed E-state index contributed by atoms with van der Waals surface area (Å²) < 4.78 is 1.94. The molecule has 6 nitrogen and oxygen atoms in total. The molecular weight excluding hydrogens is 364 g/mol. The molecule has 29 heavy (non-hydrogen) atoms. The van der Waals surface area contributed by atoms with E-state index in [4.69, 9.17) is 0 Å². The average molecular weight is 390 g/mol. The monoisotopic (exact) mass is 390 g/mol. The number of likely N-dealkylation sites (tertiary alicyclic amines) is 1. The van der Waals surface area contributed by atoms with Crippen molar-refractivity contribution in [3.63, 3.8) is 0 Å². The molecule has 0 saturated carbocycles. The summed E-state index contributed by atoms with van der Waals surface area (Å²) in [5, 5.41) is 2.98. The number of pyridine rings is 1. The highest BCUT2D eigenvalue weighted by molar-refractivity contribution is 5.94. The highest BCUT2D eigenvalue weighted by Crippen LogP contribution is 2.28. The van der Waals surface area contributed by atoms with E-state index in [1.165, 1.54) is 5.56 Å². The number of hydrogen-bond donors (Lipinski definition) is 1. The first-order valence-corrected chi connectivity index (χ1v) is 10.2. The predicted octanol–water partition coefficient (Wildman–Crippen LogP) is 3.38. The zero-order valence-corrected chi connectivity index (χ0v) is 16.7. The van der Waals surface area contributed by atoms with E-state index in [9.17, 15) is 9.59 Å². The number of nitrogens with one attached hydrogen (secondary N) is 1. The normalized spacial score (nSPS) is 14.9. The van der Waals surface area contributed by atoms with Crippen molar-refractivity contribution in [2.45, 2.75) is 38.6 Å². The van der Waals surface area contributed by atoms with Crippen molar-refractivity contribution >= 4 is 17.5 Å². The third-order valence-electron chi connectivity index (χ3n) is 5.71. The number of carbonyl (C=O) groups is 2. The molecule has 0 atom stereocenters. The Hall–Kier alpha value is -3.15. The standard InChI is InChI=1S/C23H26N4O2/c1-2-22(28)27-12-8-19(9-13-27)18-3-5-20(6-4-18)23(29)25-16-17-7-11-26-14-10-24-21(26)15-17/h3-7,10-11,14-15,19H,2,8-9,12-13,16H2,1H3,(H,25,29). The average Bonchev–Trinajstić information content (AvgIpc) is 3.25. The van der Waals surface area contributed by atoms with Crippen molar-refractivity contribution in [1.29, 1.82) is 0 Å². The first kappa shape index (κ1) is 19.2. The van der Waals surface area contributed by atoms with E-state index >= 15 is 0 Å². The number of piperidine rings is 1. The summed E-state index contributed by atoms with van der Waals surface area (Å²) >= 11 is 0. The number of imidazole rings is 1. The van der Waals surface area contributed by atoms with Crippen molar-refractivity contribution < 1.29 is 9.59 Å². The molecule has 1 saturated heterocycles. The molecule has 0 aliphatic carbocycles. The van der Waals surface area contributed by atoms with Crippen LogP contribution in [0.4, 0.5) is 0 Å². The lowest BCUT2D eigenvalue weighted by Crippen LogP contribution is -2.37. The van der Waals surface area contributed by atoms with Crippen LogP contribution >= 0.6 is 0 Å². The molecule has 1 aliphatic rings. The summed E-state index contributed by atoms with van der Waals surface area (Å²) in [5.74, 6) is 0.611. The molecule has 4 rings (SSSR count). The third-order valence-corrected chi connectivity index (χ3v) is 5.71. The van der Waals surface area contributed by atoms with Gasteiger partial charge in [-0.05, 0) is 54.2 Å². The van der Waals surface area contributed by atoms with Gasteiger partial charge in [0.25, 0.3) is 5.91 Å². The topological polar surface area (TPSA) is 66.7 Å².